The zero-order valence-corrected chi connectivity index (χ0v) is 9.50. The Kier molecular flexibility index (Phi) is 2.24. The average molecular weight is 229 g/mol. The van der Waals surface area contributed by atoms with Crippen molar-refractivity contribution in [2.24, 2.45) is 0 Å². The van der Waals surface area contributed by atoms with Crippen molar-refractivity contribution >= 4 is 5.95 Å². The molecule has 0 bridgehead atoms. The van der Waals surface area contributed by atoms with Crippen LogP contribution in [0.4, 0.5) is 5.95 Å². The van der Waals surface area contributed by atoms with Gasteiger partial charge < -0.3 is 11.6 Å². The molecule has 1 heterocycles. The molecule has 0 saturated carbocycles. The Labute approximate surface area is 99.4 Å². The molecule has 1 atom stereocenters. The fourth-order valence-corrected chi connectivity index (χ4v) is 2.51. The molecular formula is C12H15N5. The van der Waals surface area contributed by atoms with Gasteiger partial charge in [-0.25, -0.2) is 4.68 Å². The maximum absolute atomic E-state index is 5.82. The van der Waals surface area contributed by atoms with Crippen LogP contribution in [0.3, 0.4) is 0 Å². The monoisotopic (exact) mass is 229 g/mol. The van der Waals surface area contributed by atoms with Crippen molar-refractivity contribution in [3.63, 3.8) is 0 Å². The maximum atomic E-state index is 5.82. The lowest BCUT2D eigenvalue weighted by Gasteiger charge is -2.23. The number of benzene rings is 1. The third-order valence-electron chi connectivity index (χ3n) is 3.46. The normalized spacial score (nSPS) is 18.9. The van der Waals surface area contributed by atoms with Crippen molar-refractivity contribution < 1.29 is 0 Å². The summed E-state index contributed by atoms with van der Waals surface area (Å²) in [5, 5.41) is 7.89. The van der Waals surface area contributed by atoms with E-state index in [1.54, 1.807) is 0 Å². The summed E-state index contributed by atoms with van der Waals surface area (Å²) in [5.74, 6) is 7.20. The second kappa shape index (κ2) is 3.76. The van der Waals surface area contributed by atoms with Gasteiger partial charge in [0.2, 0.25) is 5.95 Å². The minimum Gasteiger partial charge on any atom is -0.366 e. The van der Waals surface area contributed by atoms with E-state index < -0.39 is 0 Å². The highest BCUT2D eigenvalue weighted by atomic mass is 15.4. The number of nitrogen functional groups attached to an aromatic ring is 2. The number of fused-ring (bicyclic) bond motifs is 1. The highest BCUT2D eigenvalue weighted by Crippen LogP contribution is 2.31. The summed E-state index contributed by atoms with van der Waals surface area (Å²) in [7, 11) is 0. The molecule has 0 saturated heterocycles. The number of anilines is 1. The number of nitrogens with two attached hydrogens (primary N) is 2. The van der Waals surface area contributed by atoms with Gasteiger partial charge in [-0.2, -0.15) is 0 Å². The first-order chi connectivity index (χ1) is 8.25. The first-order valence-corrected chi connectivity index (χ1v) is 5.78. The summed E-state index contributed by atoms with van der Waals surface area (Å²) in [6.07, 6.45) is 3.07. The minimum absolute atomic E-state index is 0.277. The van der Waals surface area contributed by atoms with E-state index in [4.69, 9.17) is 11.6 Å². The van der Waals surface area contributed by atoms with E-state index in [1.165, 1.54) is 15.8 Å². The molecular weight excluding hydrogens is 214 g/mol. The molecule has 0 amide bonds. The number of aromatic nitrogens is 3. The van der Waals surface area contributed by atoms with Crippen LogP contribution in [0.5, 0.6) is 0 Å². The van der Waals surface area contributed by atoms with Gasteiger partial charge in [0, 0.05) is 5.92 Å². The summed E-state index contributed by atoms with van der Waals surface area (Å²) in [4.78, 5) is 0. The molecule has 2 aromatic rings. The van der Waals surface area contributed by atoms with Crippen LogP contribution < -0.4 is 11.6 Å². The fourth-order valence-electron chi connectivity index (χ4n) is 2.51. The zero-order chi connectivity index (χ0) is 11.8. The lowest BCUT2D eigenvalue weighted by molar-refractivity contribution is 0.542. The standard InChI is InChI=1S/C12H15N5/c13-12-16-15-11(17(12)14)10-6-5-8-3-1-2-4-9(8)7-10/h1-4,10H,5-7,14H2,(H2,13,16). The molecule has 1 unspecified atom stereocenters. The quantitative estimate of drug-likeness (QED) is 0.710. The van der Waals surface area contributed by atoms with Gasteiger partial charge in [0.05, 0.1) is 0 Å². The summed E-state index contributed by atoms with van der Waals surface area (Å²) in [6, 6.07) is 8.51. The van der Waals surface area contributed by atoms with Crippen LogP contribution in [0.25, 0.3) is 0 Å². The minimum atomic E-state index is 0.277. The lowest BCUT2D eigenvalue weighted by Crippen LogP contribution is -2.22. The van der Waals surface area contributed by atoms with E-state index in [-0.39, 0.29) is 5.95 Å². The van der Waals surface area contributed by atoms with Crippen molar-refractivity contribution in [3.8, 4) is 0 Å². The van der Waals surface area contributed by atoms with Gasteiger partial charge >= 0.3 is 0 Å². The molecule has 3 rings (SSSR count). The predicted octanol–water partition coefficient (Wildman–Crippen LogP) is 0.847. The maximum Gasteiger partial charge on any atom is 0.240 e. The van der Waals surface area contributed by atoms with Crippen molar-refractivity contribution in [3.05, 3.63) is 41.2 Å². The Balaban J connectivity index is 1.92. The molecule has 5 heteroatoms. The van der Waals surface area contributed by atoms with Gasteiger partial charge in [-0.3, -0.25) is 0 Å². The number of nitrogens with zero attached hydrogens (tertiary/aromatic N) is 3. The first-order valence-electron chi connectivity index (χ1n) is 5.78. The summed E-state index contributed by atoms with van der Waals surface area (Å²) in [6.45, 7) is 0. The van der Waals surface area contributed by atoms with Crippen LogP contribution in [0.2, 0.25) is 0 Å². The van der Waals surface area contributed by atoms with E-state index in [1.807, 2.05) is 0 Å². The SMILES string of the molecule is Nc1nnc(C2CCc3ccccc3C2)n1N. The van der Waals surface area contributed by atoms with Gasteiger partial charge in [-0.15, -0.1) is 10.2 Å². The highest BCUT2D eigenvalue weighted by Gasteiger charge is 2.24. The smallest absolute Gasteiger partial charge is 0.240 e. The van der Waals surface area contributed by atoms with Gasteiger partial charge in [0.15, 0.2) is 5.82 Å². The van der Waals surface area contributed by atoms with Crippen LogP contribution in [0.15, 0.2) is 24.3 Å². The number of aryl methyl sites for hydroxylation is 1. The van der Waals surface area contributed by atoms with Crippen molar-refractivity contribution in [1.29, 1.82) is 0 Å². The van der Waals surface area contributed by atoms with Crippen LogP contribution in [-0.2, 0) is 12.8 Å². The summed E-state index contributed by atoms with van der Waals surface area (Å²) >= 11 is 0. The van der Waals surface area contributed by atoms with Gasteiger partial charge in [0.25, 0.3) is 0 Å². The number of rotatable bonds is 1. The van der Waals surface area contributed by atoms with Crippen molar-refractivity contribution in [2.75, 3.05) is 11.6 Å². The summed E-state index contributed by atoms with van der Waals surface area (Å²) in [5.41, 5.74) is 8.42. The second-order valence-corrected chi connectivity index (χ2v) is 4.49. The molecule has 1 aliphatic rings. The third kappa shape index (κ3) is 1.63. The molecule has 0 fully saturated rings. The van der Waals surface area contributed by atoms with E-state index in [2.05, 4.69) is 34.5 Å². The Bertz CT molecular complexity index is 546. The predicted molar refractivity (Wildman–Crippen MR) is 65.8 cm³/mol. The zero-order valence-electron chi connectivity index (χ0n) is 9.50. The highest BCUT2D eigenvalue weighted by molar-refractivity contribution is 5.32. The third-order valence-corrected chi connectivity index (χ3v) is 3.46. The molecule has 5 nitrogen and oxygen atoms in total. The van der Waals surface area contributed by atoms with Crippen molar-refractivity contribution in [2.45, 2.75) is 25.2 Å². The molecule has 1 aromatic heterocycles. The van der Waals surface area contributed by atoms with Crippen LogP contribution >= 0.6 is 0 Å². The second-order valence-electron chi connectivity index (χ2n) is 4.49. The molecule has 0 aliphatic heterocycles. The Morgan fingerprint density at radius 1 is 1.18 bits per heavy atom. The van der Waals surface area contributed by atoms with Gasteiger partial charge in [0.1, 0.15) is 0 Å². The Hall–Kier alpha value is -2.04. The molecule has 1 aromatic carbocycles. The molecule has 0 radical (unpaired) electrons. The summed E-state index contributed by atoms with van der Waals surface area (Å²) < 4.78 is 1.40. The van der Waals surface area contributed by atoms with Crippen LogP contribution in [0.1, 0.15) is 29.3 Å². The number of hydrogen-bond acceptors (Lipinski definition) is 4. The largest absolute Gasteiger partial charge is 0.366 e. The van der Waals surface area contributed by atoms with Gasteiger partial charge in [-0.05, 0) is 30.4 Å². The average Bonchev–Trinajstić information content (AvgIpc) is 2.70. The van der Waals surface area contributed by atoms with Crippen LogP contribution in [0, 0.1) is 0 Å². The van der Waals surface area contributed by atoms with E-state index in [0.29, 0.717) is 5.92 Å². The van der Waals surface area contributed by atoms with E-state index >= 15 is 0 Å². The fraction of sp³-hybridized carbons (Fsp3) is 0.333. The molecule has 1 aliphatic carbocycles. The first kappa shape index (κ1) is 10.1. The molecule has 4 N–H and O–H groups in total. The lowest BCUT2D eigenvalue weighted by atomic mass is 9.83. The van der Waals surface area contributed by atoms with Gasteiger partial charge in [-0.1, -0.05) is 24.3 Å². The van der Waals surface area contributed by atoms with Crippen molar-refractivity contribution in [1.82, 2.24) is 14.9 Å². The number of hydrogen-bond donors (Lipinski definition) is 2. The molecule has 88 valence electrons. The van der Waals surface area contributed by atoms with E-state index in [0.717, 1.165) is 25.1 Å². The van der Waals surface area contributed by atoms with E-state index in [9.17, 15) is 0 Å². The molecule has 17 heavy (non-hydrogen) atoms. The Morgan fingerprint density at radius 3 is 2.65 bits per heavy atom. The Morgan fingerprint density at radius 2 is 1.94 bits per heavy atom. The topological polar surface area (TPSA) is 82.8 Å². The molecule has 0 spiro atoms. The van der Waals surface area contributed by atoms with Crippen LogP contribution in [-0.4, -0.2) is 14.9 Å².